The molecule has 0 aliphatic rings. The molecule has 158 valence electrons. The number of hydrogen-bond acceptors (Lipinski definition) is 3. The Hall–Kier alpha value is -3.64. The molecule has 3 amide bonds. The highest BCUT2D eigenvalue weighted by Crippen LogP contribution is 2.15. The minimum atomic E-state index is -0.860. The summed E-state index contributed by atoms with van der Waals surface area (Å²) in [6, 6.07) is 21.3. The van der Waals surface area contributed by atoms with Crippen LogP contribution in [0.5, 0.6) is 0 Å². The number of halogens is 1. The number of benzene rings is 3. The summed E-state index contributed by atoms with van der Waals surface area (Å²) >= 11 is 5.92. The van der Waals surface area contributed by atoms with Crippen LogP contribution in [-0.2, 0) is 22.7 Å². The van der Waals surface area contributed by atoms with Crippen LogP contribution in [0.1, 0.15) is 27.0 Å². The lowest BCUT2D eigenvalue weighted by molar-refractivity contribution is -0.136. The lowest BCUT2D eigenvalue weighted by Gasteiger charge is -2.12. The monoisotopic (exact) mass is 435 g/mol. The van der Waals surface area contributed by atoms with Crippen molar-refractivity contribution in [2.75, 3.05) is 5.32 Å². The lowest BCUT2D eigenvalue weighted by atomic mass is 10.1. The zero-order valence-corrected chi connectivity index (χ0v) is 17.7. The first-order valence-electron chi connectivity index (χ1n) is 9.69. The normalized spacial score (nSPS) is 10.3. The van der Waals surface area contributed by atoms with E-state index in [2.05, 4.69) is 16.0 Å². The van der Waals surface area contributed by atoms with Crippen LogP contribution >= 0.6 is 11.6 Å². The summed E-state index contributed by atoms with van der Waals surface area (Å²) in [4.78, 5) is 37.1. The number of carbonyl (C=O) groups excluding carboxylic acids is 3. The molecule has 3 aromatic carbocycles. The van der Waals surface area contributed by atoms with Gasteiger partial charge in [-0.1, -0.05) is 65.7 Å². The maximum Gasteiger partial charge on any atom is 0.313 e. The Labute approximate surface area is 185 Å². The number of aryl methyl sites for hydroxylation is 1. The number of para-hydroxylation sites is 1. The number of nitrogens with one attached hydrogen (secondary N) is 3. The van der Waals surface area contributed by atoms with Crippen LogP contribution in [0, 0.1) is 6.92 Å². The van der Waals surface area contributed by atoms with Crippen molar-refractivity contribution >= 4 is 35.0 Å². The van der Waals surface area contributed by atoms with Crippen LogP contribution in [0.4, 0.5) is 5.69 Å². The summed E-state index contributed by atoms with van der Waals surface area (Å²) in [5.74, 6) is -2.02. The van der Waals surface area contributed by atoms with Crippen molar-refractivity contribution in [2.45, 2.75) is 20.0 Å². The van der Waals surface area contributed by atoms with E-state index in [1.54, 1.807) is 48.5 Å². The van der Waals surface area contributed by atoms with Crippen molar-refractivity contribution in [2.24, 2.45) is 0 Å². The van der Waals surface area contributed by atoms with E-state index in [1.165, 1.54) is 0 Å². The van der Waals surface area contributed by atoms with E-state index in [9.17, 15) is 14.4 Å². The molecule has 0 spiro atoms. The van der Waals surface area contributed by atoms with E-state index >= 15 is 0 Å². The Balaban J connectivity index is 1.59. The molecule has 0 radical (unpaired) electrons. The third kappa shape index (κ3) is 6.42. The van der Waals surface area contributed by atoms with E-state index in [4.69, 9.17) is 11.6 Å². The maximum atomic E-state index is 12.6. The van der Waals surface area contributed by atoms with Crippen molar-refractivity contribution in [3.05, 3.63) is 100 Å². The van der Waals surface area contributed by atoms with Gasteiger partial charge in [0.25, 0.3) is 5.91 Å². The molecular weight excluding hydrogens is 414 g/mol. The first-order chi connectivity index (χ1) is 14.9. The van der Waals surface area contributed by atoms with Gasteiger partial charge in [0.1, 0.15) is 0 Å². The van der Waals surface area contributed by atoms with Gasteiger partial charge in [0.2, 0.25) is 0 Å². The molecule has 7 heteroatoms. The van der Waals surface area contributed by atoms with Crippen molar-refractivity contribution < 1.29 is 14.4 Å². The van der Waals surface area contributed by atoms with Gasteiger partial charge in [-0.05, 0) is 42.3 Å². The predicted molar refractivity (Wildman–Crippen MR) is 121 cm³/mol. The van der Waals surface area contributed by atoms with Gasteiger partial charge in [-0.2, -0.15) is 0 Å². The second-order valence-corrected chi connectivity index (χ2v) is 7.42. The van der Waals surface area contributed by atoms with Crippen LogP contribution in [0.3, 0.4) is 0 Å². The van der Waals surface area contributed by atoms with Crippen LogP contribution < -0.4 is 16.0 Å². The molecule has 3 N–H and O–H groups in total. The van der Waals surface area contributed by atoms with Crippen molar-refractivity contribution in [3.63, 3.8) is 0 Å². The van der Waals surface area contributed by atoms with Gasteiger partial charge in [0.15, 0.2) is 0 Å². The van der Waals surface area contributed by atoms with Crippen molar-refractivity contribution in [1.29, 1.82) is 0 Å². The zero-order chi connectivity index (χ0) is 22.2. The first-order valence-corrected chi connectivity index (χ1v) is 10.1. The minimum absolute atomic E-state index is 0.158. The highest BCUT2D eigenvalue weighted by Gasteiger charge is 2.17. The molecule has 0 bridgehead atoms. The minimum Gasteiger partial charge on any atom is -0.348 e. The quantitative estimate of drug-likeness (QED) is 0.514. The molecule has 3 aromatic rings. The predicted octanol–water partition coefficient (Wildman–Crippen LogP) is 3.83. The second kappa shape index (κ2) is 10.4. The Morgan fingerprint density at radius 2 is 1.48 bits per heavy atom. The first kappa shape index (κ1) is 22.1. The highest BCUT2D eigenvalue weighted by atomic mass is 35.5. The average molecular weight is 436 g/mol. The smallest absolute Gasteiger partial charge is 0.313 e. The third-order valence-corrected chi connectivity index (χ3v) is 4.78. The molecule has 0 aliphatic carbocycles. The van der Waals surface area contributed by atoms with Gasteiger partial charge in [-0.3, -0.25) is 14.4 Å². The SMILES string of the molecule is Cc1ccc(CNC(=O)c2ccccc2NC(=O)C(=O)NCc2cccc(Cl)c2)cc1. The summed E-state index contributed by atoms with van der Waals surface area (Å²) in [6.07, 6.45) is 0. The van der Waals surface area contributed by atoms with Crippen molar-refractivity contribution in [1.82, 2.24) is 10.6 Å². The molecule has 0 heterocycles. The van der Waals surface area contributed by atoms with Crippen LogP contribution in [-0.4, -0.2) is 17.7 Å². The molecular formula is C24H22ClN3O3. The van der Waals surface area contributed by atoms with Crippen LogP contribution in [0.2, 0.25) is 5.02 Å². The third-order valence-electron chi connectivity index (χ3n) is 4.54. The molecule has 0 saturated heterocycles. The van der Waals surface area contributed by atoms with E-state index in [0.717, 1.165) is 16.7 Å². The summed E-state index contributed by atoms with van der Waals surface area (Å²) < 4.78 is 0. The zero-order valence-electron chi connectivity index (χ0n) is 16.9. The fourth-order valence-electron chi connectivity index (χ4n) is 2.86. The molecule has 0 aliphatic heterocycles. The number of hydrogen-bond donors (Lipinski definition) is 3. The number of anilines is 1. The van der Waals surface area contributed by atoms with Crippen molar-refractivity contribution in [3.8, 4) is 0 Å². The highest BCUT2D eigenvalue weighted by molar-refractivity contribution is 6.40. The van der Waals surface area contributed by atoms with E-state index in [-0.39, 0.29) is 23.7 Å². The van der Waals surface area contributed by atoms with Crippen LogP contribution in [0.25, 0.3) is 0 Å². The van der Waals surface area contributed by atoms with Gasteiger partial charge in [-0.15, -0.1) is 0 Å². The molecule has 0 saturated carbocycles. The molecule has 0 atom stereocenters. The van der Waals surface area contributed by atoms with Gasteiger partial charge >= 0.3 is 11.8 Å². The number of rotatable bonds is 6. The fraction of sp³-hybridized carbons (Fsp3) is 0.125. The summed E-state index contributed by atoms with van der Waals surface area (Å²) in [7, 11) is 0. The average Bonchev–Trinajstić information content (AvgIpc) is 2.77. The molecule has 0 unspecified atom stereocenters. The maximum absolute atomic E-state index is 12.6. The largest absolute Gasteiger partial charge is 0.348 e. The standard InChI is InChI=1S/C24H22ClN3O3/c1-16-9-11-17(12-10-16)14-26-22(29)20-7-2-3-8-21(20)28-24(31)23(30)27-15-18-5-4-6-19(25)13-18/h2-13H,14-15H2,1H3,(H,26,29)(H,27,30)(H,28,31). The molecule has 6 nitrogen and oxygen atoms in total. The molecule has 31 heavy (non-hydrogen) atoms. The Morgan fingerprint density at radius 3 is 2.23 bits per heavy atom. The molecule has 0 aromatic heterocycles. The van der Waals surface area contributed by atoms with E-state index < -0.39 is 11.8 Å². The summed E-state index contributed by atoms with van der Waals surface area (Å²) in [5, 5.41) is 8.41. The van der Waals surface area contributed by atoms with E-state index in [0.29, 0.717) is 11.6 Å². The van der Waals surface area contributed by atoms with Crippen LogP contribution in [0.15, 0.2) is 72.8 Å². The van der Waals surface area contributed by atoms with Gasteiger partial charge in [0.05, 0.1) is 11.3 Å². The number of amides is 3. The van der Waals surface area contributed by atoms with E-state index in [1.807, 2.05) is 31.2 Å². The Morgan fingerprint density at radius 1 is 0.774 bits per heavy atom. The van der Waals surface area contributed by atoms with Gasteiger partial charge < -0.3 is 16.0 Å². The number of carbonyl (C=O) groups is 3. The molecule has 3 rings (SSSR count). The van der Waals surface area contributed by atoms with Gasteiger partial charge in [-0.25, -0.2) is 0 Å². The Bertz CT molecular complexity index is 1100. The lowest BCUT2D eigenvalue weighted by Crippen LogP contribution is -2.35. The summed E-state index contributed by atoms with van der Waals surface area (Å²) in [6.45, 7) is 2.50. The molecule has 0 fully saturated rings. The topological polar surface area (TPSA) is 87.3 Å². The second-order valence-electron chi connectivity index (χ2n) is 6.98. The summed E-state index contributed by atoms with van der Waals surface area (Å²) in [5.41, 5.74) is 3.39. The Kier molecular flexibility index (Phi) is 7.40. The fourth-order valence-corrected chi connectivity index (χ4v) is 3.08. The van der Waals surface area contributed by atoms with Gasteiger partial charge in [0, 0.05) is 18.1 Å².